The summed E-state index contributed by atoms with van der Waals surface area (Å²) in [7, 11) is 0. The van der Waals surface area contributed by atoms with Gasteiger partial charge in [0.25, 0.3) is 5.91 Å². The summed E-state index contributed by atoms with van der Waals surface area (Å²) in [5.74, 6) is -0.801. The molecule has 3 rings (SSSR count). The minimum absolute atomic E-state index is 0.0284. The molecular formula is C19H24N2O4. The van der Waals surface area contributed by atoms with Crippen molar-refractivity contribution < 1.29 is 19.1 Å². The maximum atomic E-state index is 12.9. The number of benzene rings is 1. The highest BCUT2D eigenvalue weighted by atomic mass is 16.5. The predicted octanol–water partition coefficient (Wildman–Crippen LogP) is 1.91. The van der Waals surface area contributed by atoms with Crippen LogP contribution in [0.2, 0.25) is 0 Å². The molecule has 6 heteroatoms. The van der Waals surface area contributed by atoms with Gasteiger partial charge in [-0.2, -0.15) is 0 Å². The van der Waals surface area contributed by atoms with Crippen molar-refractivity contribution in [2.24, 2.45) is 0 Å². The molecule has 0 bridgehead atoms. The second kappa shape index (κ2) is 7.35. The van der Waals surface area contributed by atoms with E-state index in [0.29, 0.717) is 18.8 Å². The van der Waals surface area contributed by atoms with E-state index in [4.69, 9.17) is 4.74 Å². The number of imide groups is 1. The third-order valence-corrected chi connectivity index (χ3v) is 4.93. The molecule has 0 aliphatic carbocycles. The molecule has 2 aliphatic rings. The molecule has 2 saturated heterocycles. The normalized spacial score (nSPS) is 23.4. The average molecular weight is 344 g/mol. The van der Waals surface area contributed by atoms with Crippen LogP contribution in [0.1, 0.15) is 38.7 Å². The van der Waals surface area contributed by atoms with Gasteiger partial charge < -0.3 is 9.64 Å². The van der Waals surface area contributed by atoms with Gasteiger partial charge in [0.15, 0.2) is 0 Å². The fraction of sp³-hybridized carbons (Fsp3) is 0.526. The van der Waals surface area contributed by atoms with Crippen LogP contribution in [0.25, 0.3) is 0 Å². The molecule has 1 aromatic rings. The molecule has 3 amide bonds. The van der Waals surface area contributed by atoms with Gasteiger partial charge in [-0.05, 0) is 37.0 Å². The minimum atomic E-state index is -0.736. The molecule has 2 aliphatic heterocycles. The Kier molecular flexibility index (Phi) is 5.18. The number of amides is 3. The van der Waals surface area contributed by atoms with E-state index in [9.17, 15) is 14.4 Å². The van der Waals surface area contributed by atoms with Crippen LogP contribution in [0.4, 0.5) is 5.69 Å². The third kappa shape index (κ3) is 3.58. The highest BCUT2D eigenvalue weighted by Gasteiger charge is 2.44. The molecule has 0 aromatic heterocycles. The van der Waals surface area contributed by atoms with E-state index in [2.05, 4.69) is 0 Å². The van der Waals surface area contributed by atoms with Crippen LogP contribution in [0.5, 0.6) is 0 Å². The maximum Gasteiger partial charge on any atom is 0.257 e. The summed E-state index contributed by atoms with van der Waals surface area (Å²) in [4.78, 5) is 40.1. The van der Waals surface area contributed by atoms with Gasteiger partial charge in [0.05, 0.1) is 18.2 Å². The number of aryl methyl sites for hydroxylation is 1. The Hall–Kier alpha value is -2.21. The SMILES string of the molecule is CCc1ccc(N2C(=O)C[C@@H](N(C[C@@H]3CCCO3)C(C)=O)C2=O)cc1. The van der Waals surface area contributed by atoms with Gasteiger partial charge in [0.1, 0.15) is 6.04 Å². The van der Waals surface area contributed by atoms with E-state index in [1.165, 1.54) is 16.7 Å². The Bertz CT molecular complexity index is 665. The number of hydrogen-bond donors (Lipinski definition) is 0. The van der Waals surface area contributed by atoms with Crippen LogP contribution < -0.4 is 4.90 Å². The molecule has 0 saturated carbocycles. The fourth-order valence-corrected chi connectivity index (χ4v) is 3.49. The second-order valence-corrected chi connectivity index (χ2v) is 6.61. The Morgan fingerprint density at radius 2 is 2.00 bits per heavy atom. The Morgan fingerprint density at radius 1 is 1.28 bits per heavy atom. The summed E-state index contributed by atoms with van der Waals surface area (Å²) < 4.78 is 5.59. The van der Waals surface area contributed by atoms with Crippen LogP contribution in [0, 0.1) is 0 Å². The topological polar surface area (TPSA) is 66.9 Å². The number of nitrogens with zero attached hydrogens (tertiary/aromatic N) is 2. The number of carbonyl (C=O) groups excluding carboxylic acids is 3. The van der Waals surface area contributed by atoms with Crippen molar-refractivity contribution in [2.45, 2.75) is 51.7 Å². The van der Waals surface area contributed by atoms with Crippen molar-refractivity contribution in [1.29, 1.82) is 0 Å². The van der Waals surface area contributed by atoms with Gasteiger partial charge in [0, 0.05) is 20.1 Å². The lowest BCUT2D eigenvalue weighted by molar-refractivity contribution is -0.138. The van der Waals surface area contributed by atoms with Crippen molar-refractivity contribution in [2.75, 3.05) is 18.1 Å². The molecule has 0 N–H and O–H groups in total. The molecule has 2 heterocycles. The highest BCUT2D eigenvalue weighted by molar-refractivity contribution is 6.22. The molecule has 2 atom stereocenters. The molecule has 6 nitrogen and oxygen atoms in total. The standard InChI is InChI=1S/C19H24N2O4/c1-3-14-6-8-15(9-7-14)21-18(23)11-17(19(21)24)20(13(2)22)12-16-5-4-10-25-16/h6-9,16-17H,3-5,10-12H2,1-2H3/t16-,17+/m0/s1. The van der Waals surface area contributed by atoms with E-state index >= 15 is 0 Å². The van der Waals surface area contributed by atoms with Crippen molar-refractivity contribution in [1.82, 2.24) is 4.90 Å². The molecule has 0 radical (unpaired) electrons. The summed E-state index contributed by atoms with van der Waals surface area (Å²) in [5.41, 5.74) is 1.71. The number of hydrogen-bond acceptors (Lipinski definition) is 4. The Labute approximate surface area is 147 Å². The zero-order valence-electron chi connectivity index (χ0n) is 14.7. The van der Waals surface area contributed by atoms with Crippen molar-refractivity contribution in [3.63, 3.8) is 0 Å². The van der Waals surface area contributed by atoms with Gasteiger partial charge in [-0.25, -0.2) is 4.90 Å². The van der Waals surface area contributed by atoms with E-state index in [-0.39, 0.29) is 30.2 Å². The first kappa shape index (κ1) is 17.6. The smallest absolute Gasteiger partial charge is 0.257 e. The summed E-state index contributed by atoms with van der Waals surface area (Å²) >= 11 is 0. The number of carbonyl (C=O) groups is 3. The molecule has 25 heavy (non-hydrogen) atoms. The monoisotopic (exact) mass is 344 g/mol. The van der Waals surface area contributed by atoms with Crippen molar-refractivity contribution in [3.05, 3.63) is 29.8 Å². The molecule has 0 spiro atoms. The lowest BCUT2D eigenvalue weighted by atomic mass is 10.1. The first-order chi connectivity index (χ1) is 12.0. The summed E-state index contributed by atoms with van der Waals surface area (Å²) in [6, 6.07) is 6.67. The van der Waals surface area contributed by atoms with Gasteiger partial charge >= 0.3 is 0 Å². The largest absolute Gasteiger partial charge is 0.376 e. The third-order valence-electron chi connectivity index (χ3n) is 4.93. The van der Waals surface area contributed by atoms with Crippen LogP contribution in [0.15, 0.2) is 24.3 Å². The first-order valence-electron chi connectivity index (χ1n) is 8.85. The van der Waals surface area contributed by atoms with Gasteiger partial charge in [0.2, 0.25) is 11.8 Å². The van der Waals surface area contributed by atoms with Gasteiger partial charge in [-0.15, -0.1) is 0 Å². The fourth-order valence-electron chi connectivity index (χ4n) is 3.49. The predicted molar refractivity (Wildman–Crippen MR) is 93.1 cm³/mol. The van der Waals surface area contributed by atoms with Gasteiger partial charge in [-0.1, -0.05) is 19.1 Å². The quantitative estimate of drug-likeness (QED) is 0.765. The number of anilines is 1. The second-order valence-electron chi connectivity index (χ2n) is 6.61. The van der Waals surface area contributed by atoms with Crippen molar-refractivity contribution in [3.8, 4) is 0 Å². The Morgan fingerprint density at radius 3 is 2.56 bits per heavy atom. The van der Waals surface area contributed by atoms with Crippen LogP contribution >= 0.6 is 0 Å². The van der Waals surface area contributed by atoms with Crippen LogP contribution in [0.3, 0.4) is 0 Å². The van der Waals surface area contributed by atoms with Crippen LogP contribution in [-0.4, -0.2) is 47.9 Å². The summed E-state index contributed by atoms with van der Waals surface area (Å²) in [5, 5.41) is 0. The molecule has 2 fully saturated rings. The Balaban J connectivity index is 1.79. The molecule has 134 valence electrons. The number of rotatable bonds is 5. The first-order valence-corrected chi connectivity index (χ1v) is 8.85. The zero-order chi connectivity index (χ0) is 18.0. The molecular weight excluding hydrogens is 320 g/mol. The zero-order valence-corrected chi connectivity index (χ0v) is 14.7. The van der Waals surface area contributed by atoms with Gasteiger partial charge in [-0.3, -0.25) is 14.4 Å². The van der Waals surface area contributed by atoms with Crippen molar-refractivity contribution >= 4 is 23.4 Å². The molecule has 0 unspecified atom stereocenters. The van der Waals surface area contributed by atoms with Crippen LogP contribution in [-0.2, 0) is 25.5 Å². The van der Waals surface area contributed by atoms with E-state index in [1.54, 1.807) is 12.1 Å². The number of ether oxygens (including phenoxy) is 1. The lowest BCUT2D eigenvalue weighted by Crippen LogP contribution is -2.47. The van der Waals surface area contributed by atoms with E-state index < -0.39 is 6.04 Å². The summed E-state index contributed by atoms with van der Waals surface area (Å²) in [6.07, 6.45) is 2.71. The van der Waals surface area contributed by atoms with E-state index in [0.717, 1.165) is 24.8 Å². The minimum Gasteiger partial charge on any atom is -0.376 e. The maximum absolute atomic E-state index is 12.9. The van der Waals surface area contributed by atoms with E-state index in [1.807, 2.05) is 19.1 Å². The molecule has 1 aromatic carbocycles. The average Bonchev–Trinajstić information content (AvgIpc) is 3.20. The highest BCUT2D eigenvalue weighted by Crippen LogP contribution is 2.27. The lowest BCUT2D eigenvalue weighted by Gasteiger charge is -2.28. The summed E-state index contributed by atoms with van der Waals surface area (Å²) in [6.45, 7) is 4.53.